The highest BCUT2D eigenvalue weighted by Gasteiger charge is 2.47. The summed E-state index contributed by atoms with van der Waals surface area (Å²) >= 11 is 0. The first kappa shape index (κ1) is 11.9. The molecule has 1 spiro atoms. The molecule has 1 unspecified atom stereocenters. The fourth-order valence-corrected chi connectivity index (χ4v) is 3.34. The minimum absolute atomic E-state index is 0.255. The molecule has 3 nitrogen and oxygen atoms in total. The molecule has 3 aliphatic rings. The number of hydrogen-bond donors (Lipinski definition) is 1. The van der Waals surface area contributed by atoms with E-state index in [1.54, 1.807) is 0 Å². The zero-order valence-corrected chi connectivity index (χ0v) is 11.3. The van der Waals surface area contributed by atoms with Gasteiger partial charge in [0.05, 0.1) is 6.10 Å². The van der Waals surface area contributed by atoms with E-state index in [1.165, 1.54) is 38.8 Å². The maximum atomic E-state index is 5.79. The van der Waals surface area contributed by atoms with Gasteiger partial charge in [0.15, 0.2) is 0 Å². The van der Waals surface area contributed by atoms with Gasteiger partial charge in [0.2, 0.25) is 0 Å². The van der Waals surface area contributed by atoms with Gasteiger partial charge < -0.3 is 10.1 Å². The van der Waals surface area contributed by atoms with Crippen molar-refractivity contribution in [3.63, 3.8) is 0 Å². The van der Waals surface area contributed by atoms with Crippen LogP contribution in [-0.4, -0.2) is 49.3 Å². The maximum absolute atomic E-state index is 5.79. The predicted octanol–water partition coefficient (Wildman–Crippen LogP) is 1.63. The van der Waals surface area contributed by atoms with Gasteiger partial charge in [-0.15, -0.1) is 0 Å². The molecule has 3 fully saturated rings. The van der Waals surface area contributed by atoms with Crippen LogP contribution in [0.1, 0.15) is 39.5 Å². The lowest BCUT2D eigenvalue weighted by Crippen LogP contribution is -2.47. The predicted molar refractivity (Wildman–Crippen MR) is 69.2 cm³/mol. The normalized spacial score (nSPS) is 36.0. The van der Waals surface area contributed by atoms with Crippen molar-refractivity contribution in [3.8, 4) is 0 Å². The van der Waals surface area contributed by atoms with Crippen LogP contribution in [0.3, 0.4) is 0 Å². The van der Waals surface area contributed by atoms with Gasteiger partial charge in [-0.3, -0.25) is 4.90 Å². The van der Waals surface area contributed by atoms with Crippen LogP contribution in [0, 0.1) is 5.41 Å². The third-order valence-electron chi connectivity index (χ3n) is 4.56. The number of nitrogens with zero attached hydrogens (tertiary/aromatic N) is 1. The van der Waals surface area contributed by atoms with Crippen molar-refractivity contribution >= 4 is 0 Å². The largest absolute Gasteiger partial charge is 0.377 e. The average molecular weight is 238 g/mol. The van der Waals surface area contributed by atoms with Gasteiger partial charge in [-0.2, -0.15) is 0 Å². The minimum Gasteiger partial charge on any atom is -0.377 e. The number of rotatable bonds is 2. The van der Waals surface area contributed by atoms with Crippen LogP contribution >= 0.6 is 0 Å². The van der Waals surface area contributed by atoms with Gasteiger partial charge >= 0.3 is 0 Å². The molecule has 0 aromatic carbocycles. The molecule has 0 amide bonds. The smallest absolute Gasteiger partial charge is 0.0702 e. The molecule has 2 aliphatic heterocycles. The summed E-state index contributed by atoms with van der Waals surface area (Å²) in [5.41, 5.74) is 0.858. The summed E-state index contributed by atoms with van der Waals surface area (Å²) in [6.07, 6.45) is 5.85. The van der Waals surface area contributed by atoms with Gasteiger partial charge in [0.1, 0.15) is 0 Å². The molecule has 1 aliphatic carbocycles. The Balaban J connectivity index is 1.64. The molecule has 0 bridgehead atoms. The number of ether oxygens (including phenoxy) is 1. The van der Waals surface area contributed by atoms with Crippen LogP contribution in [-0.2, 0) is 4.74 Å². The van der Waals surface area contributed by atoms with Crippen LogP contribution in [0.15, 0.2) is 0 Å². The van der Waals surface area contributed by atoms with E-state index < -0.39 is 0 Å². The molecule has 0 aromatic heterocycles. The Morgan fingerprint density at radius 1 is 1.29 bits per heavy atom. The summed E-state index contributed by atoms with van der Waals surface area (Å²) in [5, 5.41) is 3.75. The Morgan fingerprint density at radius 3 is 2.76 bits per heavy atom. The van der Waals surface area contributed by atoms with Crippen molar-refractivity contribution in [2.75, 3.05) is 32.8 Å². The molecule has 1 N–H and O–H groups in total. The zero-order valence-electron chi connectivity index (χ0n) is 11.3. The van der Waals surface area contributed by atoms with Gasteiger partial charge in [-0.25, -0.2) is 0 Å². The lowest BCUT2D eigenvalue weighted by Gasteiger charge is -2.31. The second-order valence-corrected chi connectivity index (χ2v) is 7.04. The summed E-state index contributed by atoms with van der Waals surface area (Å²) in [6.45, 7) is 10.4. The van der Waals surface area contributed by atoms with Crippen molar-refractivity contribution in [2.45, 2.75) is 51.2 Å². The second kappa shape index (κ2) is 4.22. The number of nitrogens with one attached hydrogen (secondary N) is 1. The first-order valence-corrected chi connectivity index (χ1v) is 7.16. The Morgan fingerprint density at radius 2 is 2.12 bits per heavy atom. The highest BCUT2D eigenvalue weighted by atomic mass is 16.5. The van der Waals surface area contributed by atoms with Crippen LogP contribution < -0.4 is 5.32 Å². The molecular weight excluding hydrogens is 212 g/mol. The van der Waals surface area contributed by atoms with Gasteiger partial charge in [0.25, 0.3) is 0 Å². The Hall–Kier alpha value is -0.120. The summed E-state index contributed by atoms with van der Waals surface area (Å²) in [5.74, 6) is 0. The van der Waals surface area contributed by atoms with Gasteiger partial charge in [0, 0.05) is 38.3 Å². The molecule has 1 saturated carbocycles. The van der Waals surface area contributed by atoms with Crippen molar-refractivity contribution in [1.29, 1.82) is 0 Å². The van der Waals surface area contributed by atoms with Crippen LogP contribution in [0.2, 0.25) is 0 Å². The highest BCUT2D eigenvalue weighted by Crippen LogP contribution is 2.47. The van der Waals surface area contributed by atoms with Crippen molar-refractivity contribution in [2.24, 2.45) is 5.41 Å². The fraction of sp³-hybridized carbons (Fsp3) is 1.00. The van der Waals surface area contributed by atoms with E-state index in [2.05, 4.69) is 24.1 Å². The first-order valence-electron chi connectivity index (χ1n) is 7.16. The summed E-state index contributed by atoms with van der Waals surface area (Å²) < 4.78 is 5.79. The molecule has 98 valence electrons. The standard InChI is InChI=1S/C14H26N2O/c1-13(2)10-16(8-12-4-3-7-17-12)11-14(5-6-14)9-15-13/h12,15H,3-11H2,1-2H3. The van der Waals surface area contributed by atoms with E-state index in [4.69, 9.17) is 4.74 Å². The third kappa shape index (κ3) is 2.83. The summed E-state index contributed by atoms with van der Waals surface area (Å²) in [6, 6.07) is 0. The molecule has 1 atom stereocenters. The van der Waals surface area contributed by atoms with Gasteiger partial charge in [-0.05, 0) is 44.9 Å². The van der Waals surface area contributed by atoms with Crippen molar-refractivity contribution in [3.05, 3.63) is 0 Å². The SMILES string of the molecule is CC1(C)CN(CC2CCCO2)CC2(CC2)CN1. The first-order chi connectivity index (χ1) is 8.07. The zero-order chi connectivity index (χ0) is 11.9. The summed E-state index contributed by atoms with van der Waals surface area (Å²) in [7, 11) is 0. The molecule has 2 saturated heterocycles. The van der Waals surface area contributed by atoms with Gasteiger partial charge in [-0.1, -0.05) is 0 Å². The monoisotopic (exact) mass is 238 g/mol. The molecule has 3 rings (SSSR count). The molecule has 0 radical (unpaired) electrons. The molecule has 17 heavy (non-hydrogen) atoms. The van der Waals surface area contributed by atoms with E-state index >= 15 is 0 Å². The van der Waals surface area contributed by atoms with E-state index in [0.717, 1.165) is 19.7 Å². The number of hydrogen-bond acceptors (Lipinski definition) is 3. The van der Waals surface area contributed by atoms with Crippen LogP contribution in [0.4, 0.5) is 0 Å². The second-order valence-electron chi connectivity index (χ2n) is 7.04. The quantitative estimate of drug-likeness (QED) is 0.791. The van der Waals surface area contributed by atoms with E-state index in [1.807, 2.05) is 0 Å². The van der Waals surface area contributed by atoms with E-state index in [0.29, 0.717) is 11.5 Å². The topological polar surface area (TPSA) is 24.5 Å². The van der Waals surface area contributed by atoms with Crippen LogP contribution in [0.25, 0.3) is 0 Å². The average Bonchev–Trinajstić information content (AvgIpc) is 2.85. The fourth-order valence-electron chi connectivity index (χ4n) is 3.34. The molecular formula is C14H26N2O. The van der Waals surface area contributed by atoms with Crippen LogP contribution in [0.5, 0.6) is 0 Å². The Kier molecular flexibility index (Phi) is 2.96. The van der Waals surface area contributed by atoms with Crippen molar-refractivity contribution < 1.29 is 4.74 Å². The summed E-state index contributed by atoms with van der Waals surface area (Å²) in [4.78, 5) is 2.66. The maximum Gasteiger partial charge on any atom is 0.0702 e. The Labute approximate surface area is 105 Å². The molecule has 3 heteroatoms. The molecule has 0 aromatic rings. The lowest BCUT2D eigenvalue weighted by atomic mass is 10.1. The van der Waals surface area contributed by atoms with E-state index in [-0.39, 0.29) is 5.54 Å². The lowest BCUT2D eigenvalue weighted by molar-refractivity contribution is 0.0642. The minimum atomic E-state index is 0.255. The van der Waals surface area contributed by atoms with E-state index in [9.17, 15) is 0 Å². The Bertz CT molecular complexity index is 272. The molecule has 2 heterocycles. The highest BCUT2D eigenvalue weighted by molar-refractivity contribution is 5.02. The van der Waals surface area contributed by atoms with Crippen molar-refractivity contribution in [1.82, 2.24) is 10.2 Å². The third-order valence-corrected chi connectivity index (χ3v) is 4.56.